The molecule has 7 unspecified atom stereocenters. The molecule has 0 aromatic rings. The van der Waals surface area contributed by atoms with E-state index in [0.29, 0.717) is 38.3 Å². The van der Waals surface area contributed by atoms with Gasteiger partial charge in [0.25, 0.3) is 0 Å². The number of hydrogen-bond acceptors (Lipinski definition) is 8. The predicted octanol–water partition coefficient (Wildman–Crippen LogP) is 0.584. The highest BCUT2D eigenvalue weighted by Crippen LogP contribution is 2.38. The Labute approximate surface area is 209 Å². The van der Waals surface area contributed by atoms with Gasteiger partial charge in [-0.15, -0.1) is 0 Å². The first-order valence-electron chi connectivity index (χ1n) is 13.3. The van der Waals surface area contributed by atoms with Crippen LogP contribution in [0, 0.1) is 23.7 Å². The van der Waals surface area contributed by atoms with Crippen LogP contribution in [0.5, 0.6) is 0 Å². The maximum absolute atomic E-state index is 13.4. The summed E-state index contributed by atoms with van der Waals surface area (Å²) in [6.45, 7) is 1.90. The van der Waals surface area contributed by atoms with Gasteiger partial charge in [-0.3, -0.25) is 25.2 Å². The van der Waals surface area contributed by atoms with E-state index in [1.807, 2.05) is 0 Å². The number of amides is 2. The van der Waals surface area contributed by atoms with Crippen LogP contribution >= 0.6 is 0 Å². The lowest BCUT2D eigenvalue weighted by Gasteiger charge is -2.41. The fourth-order valence-electron chi connectivity index (χ4n) is 5.96. The van der Waals surface area contributed by atoms with Crippen molar-refractivity contribution >= 4 is 11.8 Å². The summed E-state index contributed by atoms with van der Waals surface area (Å²) in [5.41, 5.74) is 8.57. The first-order valence-corrected chi connectivity index (χ1v) is 13.3. The lowest BCUT2D eigenvalue weighted by atomic mass is 9.76. The highest BCUT2D eigenvalue weighted by atomic mass is 19.4. The molecule has 206 valence electrons. The number of hydrogen-bond donors (Lipinski definition) is 7. The van der Waals surface area contributed by atoms with E-state index in [0.717, 1.165) is 38.6 Å². The van der Waals surface area contributed by atoms with Crippen LogP contribution in [-0.4, -0.2) is 62.7 Å². The molecule has 3 saturated heterocycles. The van der Waals surface area contributed by atoms with Gasteiger partial charge in [-0.2, -0.15) is 18.7 Å². The van der Waals surface area contributed by atoms with Gasteiger partial charge in [0, 0.05) is 37.3 Å². The van der Waals surface area contributed by atoms with Crippen LogP contribution in [0.25, 0.3) is 0 Å². The monoisotopic (exact) mass is 519 g/mol. The maximum atomic E-state index is 13.4. The molecule has 4 aliphatic rings. The quantitative estimate of drug-likeness (QED) is 0.209. The number of halogens is 3. The second-order valence-electron chi connectivity index (χ2n) is 10.4. The minimum atomic E-state index is -4.23. The van der Waals surface area contributed by atoms with Gasteiger partial charge >= 0.3 is 6.18 Å². The van der Waals surface area contributed by atoms with Crippen molar-refractivity contribution in [1.29, 1.82) is 0 Å². The van der Waals surface area contributed by atoms with Crippen LogP contribution in [-0.2, 0) is 14.4 Å². The number of hydrazine groups is 1. The Balaban J connectivity index is 1.06. The van der Waals surface area contributed by atoms with Crippen molar-refractivity contribution < 1.29 is 27.6 Å². The Kier molecular flexibility index (Phi) is 9.81. The van der Waals surface area contributed by atoms with E-state index in [2.05, 4.69) is 37.6 Å². The number of piperidine rings is 1. The second kappa shape index (κ2) is 12.8. The van der Waals surface area contributed by atoms with Crippen molar-refractivity contribution in [1.82, 2.24) is 37.6 Å². The molecular weight excluding hydrogens is 479 g/mol. The Bertz CT molecular complexity index is 744. The highest BCUT2D eigenvalue weighted by molar-refractivity contribution is 5.79. The Hall–Kier alpha value is -1.51. The van der Waals surface area contributed by atoms with Crippen molar-refractivity contribution in [2.24, 2.45) is 23.7 Å². The normalized spacial score (nSPS) is 35.2. The average Bonchev–Trinajstić information content (AvgIpc) is 3.33. The molecule has 10 nitrogen and oxygen atoms in total. The van der Waals surface area contributed by atoms with Crippen molar-refractivity contribution in [2.45, 2.75) is 82.5 Å². The first kappa shape index (κ1) is 27.5. The third-order valence-corrected chi connectivity index (χ3v) is 7.93. The fraction of sp³-hybridized carbons (Fsp3) is 0.913. The summed E-state index contributed by atoms with van der Waals surface area (Å²) in [5.74, 6) is -1.61. The zero-order chi connectivity index (χ0) is 25.5. The summed E-state index contributed by atoms with van der Waals surface area (Å²) >= 11 is 0. The molecule has 1 aliphatic carbocycles. The average molecular weight is 520 g/mol. The van der Waals surface area contributed by atoms with Gasteiger partial charge < -0.3 is 16.0 Å². The summed E-state index contributed by atoms with van der Waals surface area (Å²) in [7, 11) is 0. The standard InChI is InChI=1S/C23H40F3N7O3/c24-23(25,26)17-9-12-27-13-16(17)21-30-19(36-33-21)8-3-7-18(34)28-10-4-11-29-20-14-5-1-2-6-15(14)22(35)32-31-20/h14-17,19-21,27,29-31,33H,1-13H2,(H,28,34)(H,32,35). The van der Waals surface area contributed by atoms with Gasteiger partial charge in [-0.1, -0.05) is 12.8 Å². The van der Waals surface area contributed by atoms with E-state index >= 15 is 0 Å². The number of rotatable bonds is 10. The van der Waals surface area contributed by atoms with Crippen molar-refractivity contribution in [2.75, 3.05) is 26.2 Å². The summed E-state index contributed by atoms with van der Waals surface area (Å²) in [6, 6.07) is 0. The van der Waals surface area contributed by atoms with Gasteiger partial charge in [0.05, 0.1) is 18.2 Å². The van der Waals surface area contributed by atoms with E-state index in [4.69, 9.17) is 4.84 Å². The Morgan fingerprint density at radius 2 is 1.92 bits per heavy atom. The highest BCUT2D eigenvalue weighted by Gasteiger charge is 2.49. The fourth-order valence-corrected chi connectivity index (χ4v) is 5.96. The van der Waals surface area contributed by atoms with Crippen LogP contribution in [0.1, 0.15) is 57.8 Å². The Morgan fingerprint density at radius 1 is 1.08 bits per heavy atom. The molecule has 0 spiro atoms. The van der Waals surface area contributed by atoms with E-state index in [9.17, 15) is 22.8 Å². The van der Waals surface area contributed by atoms with Crippen LogP contribution in [0.2, 0.25) is 0 Å². The molecule has 0 aromatic carbocycles. The van der Waals surface area contributed by atoms with Crippen molar-refractivity contribution in [3.8, 4) is 0 Å². The molecule has 7 atom stereocenters. The van der Waals surface area contributed by atoms with Gasteiger partial charge in [-0.05, 0) is 51.6 Å². The van der Waals surface area contributed by atoms with Crippen molar-refractivity contribution in [3.63, 3.8) is 0 Å². The number of nitrogens with one attached hydrogen (secondary N) is 7. The summed E-state index contributed by atoms with van der Waals surface area (Å²) < 4.78 is 40.1. The Morgan fingerprint density at radius 3 is 2.75 bits per heavy atom. The van der Waals surface area contributed by atoms with E-state index in [-0.39, 0.29) is 36.9 Å². The minimum Gasteiger partial charge on any atom is -0.356 e. The SMILES string of the molecule is O=C(CCCC1NC(C2CNCCC2C(F)(F)F)NO1)NCCCNC1NNC(=O)C2CCCCC12. The lowest BCUT2D eigenvalue weighted by Crippen LogP contribution is -2.64. The van der Waals surface area contributed by atoms with Crippen molar-refractivity contribution in [3.05, 3.63) is 0 Å². The van der Waals surface area contributed by atoms with Crippen LogP contribution < -0.4 is 37.6 Å². The molecule has 1 saturated carbocycles. The van der Waals surface area contributed by atoms with Gasteiger partial charge in [0.1, 0.15) is 6.23 Å². The second-order valence-corrected chi connectivity index (χ2v) is 10.4. The molecule has 3 heterocycles. The first-order chi connectivity index (χ1) is 17.3. The van der Waals surface area contributed by atoms with Crippen LogP contribution in [0.3, 0.4) is 0 Å². The summed E-state index contributed by atoms with van der Waals surface area (Å²) in [5, 5.41) is 12.5. The molecule has 0 aromatic heterocycles. The lowest BCUT2D eigenvalue weighted by molar-refractivity contribution is -0.198. The number of fused-ring (bicyclic) bond motifs is 1. The van der Waals surface area contributed by atoms with Crippen LogP contribution in [0.15, 0.2) is 0 Å². The smallest absolute Gasteiger partial charge is 0.356 e. The zero-order valence-electron chi connectivity index (χ0n) is 20.6. The van der Waals surface area contributed by atoms with Gasteiger partial charge in [-0.25, -0.2) is 5.43 Å². The molecule has 2 amide bonds. The summed E-state index contributed by atoms with van der Waals surface area (Å²) in [4.78, 5) is 29.6. The minimum absolute atomic E-state index is 0.0517. The molecule has 3 aliphatic heterocycles. The van der Waals surface area contributed by atoms with Gasteiger partial charge in [0.15, 0.2) is 0 Å². The van der Waals surface area contributed by atoms with E-state index in [1.54, 1.807) is 0 Å². The predicted molar refractivity (Wildman–Crippen MR) is 125 cm³/mol. The van der Waals surface area contributed by atoms with E-state index in [1.165, 1.54) is 0 Å². The largest absolute Gasteiger partial charge is 0.392 e. The zero-order valence-corrected chi connectivity index (χ0v) is 20.6. The number of hydroxylamine groups is 1. The molecule has 0 radical (unpaired) electrons. The van der Waals surface area contributed by atoms with Crippen LogP contribution in [0.4, 0.5) is 13.2 Å². The van der Waals surface area contributed by atoms with E-state index < -0.39 is 30.4 Å². The molecule has 4 rings (SSSR count). The molecule has 0 bridgehead atoms. The van der Waals surface area contributed by atoms with Gasteiger partial charge in [0.2, 0.25) is 11.8 Å². The molecule has 7 N–H and O–H groups in total. The topological polar surface area (TPSA) is 128 Å². The molecule has 4 fully saturated rings. The maximum Gasteiger partial charge on any atom is 0.392 e. The number of carbonyl (C=O) groups excluding carboxylic acids is 2. The summed E-state index contributed by atoms with van der Waals surface area (Å²) in [6.07, 6.45) is 1.29. The third kappa shape index (κ3) is 7.29. The molecular formula is C23H40F3N7O3. The number of alkyl halides is 3. The third-order valence-electron chi connectivity index (χ3n) is 7.93. The molecule has 13 heteroatoms. The molecule has 36 heavy (non-hydrogen) atoms. The number of carbonyl (C=O) groups is 2.